The number of hydrogen-bond acceptors (Lipinski definition) is 4. The third-order valence-corrected chi connectivity index (χ3v) is 2.01. The van der Waals surface area contributed by atoms with E-state index in [2.05, 4.69) is 9.72 Å². The van der Waals surface area contributed by atoms with Crippen molar-refractivity contribution in [3.05, 3.63) is 29.6 Å². The number of nitriles is 1. The molecule has 0 aromatic carbocycles. The van der Waals surface area contributed by atoms with Crippen molar-refractivity contribution in [2.75, 3.05) is 7.11 Å². The number of pyridine rings is 1. The Labute approximate surface area is 88.5 Å². The lowest BCUT2D eigenvalue weighted by Crippen LogP contribution is -2.00. The van der Waals surface area contributed by atoms with Gasteiger partial charge in [0.05, 0.1) is 7.11 Å². The summed E-state index contributed by atoms with van der Waals surface area (Å²) in [6.07, 6.45) is 3.49. The smallest absolute Gasteiger partial charge is 0.305 e. The molecule has 0 aliphatic carbocycles. The number of esters is 1. The average Bonchev–Trinajstić information content (AvgIpc) is 2.29. The van der Waals surface area contributed by atoms with Gasteiger partial charge in [-0.2, -0.15) is 5.26 Å². The number of carbonyl (C=O) groups excluding carboxylic acids is 1. The maximum absolute atomic E-state index is 10.8. The van der Waals surface area contributed by atoms with Crippen LogP contribution in [0.2, 0.25) is 0 Å². The van der Waals surface area contributed by atoms with E-state index in [0.29, 0.717) is 12.1 Å². The first-order chi connectivity index (χ1) is 7.26. The first-order valence-corrected chi connectivity index (χ1v) is 4.68. The molecule has 0 unspecified atom stereocenters. The first kappa shape index (κ1) is 11.2. The van der Waals surface area contributed by atoms with E-state index in [1.807, 2.05) is 12.1 Å². The van der Waals surface area contributed by atoms with Crippen LogP contribution in [0.3, 0.4) is 0 Å². The van der Waals surface area contributed by atoms with Crippen molar-refractivity contribution in [3.8, 4) is 6.07 Å². The van der Waals surface area contributed by atoms with Crippen LogP contribution >= 0.6 is 0 Å². The largest absolute Gasteiger partial charge is 0.469 e. The summed E-state index contributed by atoms with van der Waals surface area (Å²) in [5, 5.41) is 8.63. The number of carbonyl (C=O) groups is 1. The zero-order valence-electron chi connectivity index (χ0n) is 8.56. The Balaban J connectivity index is 2.44. The molecule has 15 heavy (non-hydrogen) atoms. The summed E-state index contributed by atoms with van der Waals surface area (Å²) in [5.74, 6) is -0.204. The lowest BCUT2D eigenvalue weighted by atomic mass is 10.1. The molecule has 1 heterocycles. The molecule has 78 valence electrons. The summed E-state index contributed by atoms with van der Waals surface area (Å²) < 4.78 is 4.53. The van der Waals surface area contributed by atoms with Gasteiger partial charge in [-0.1, -0.05) is 0 Å². The summed E-state index contributed by atoms with van der Waals surface area (Å²) in [5.41, 5.74) is 1.43. The van der Waals surface area contributed by atoms with E-state index in [4.69, 9.17) is 5.26 Å². The Morgan fingerprint density at radius 2 is 2.47 bits per heavy atom. The summed E-state index contributed by atoms with van der Waals surface area (Å²) in [6.45, 7) is 0. The molecule has 0 aliphatic heterocycles. The van der Waals surface area contributed by atoms with E-state index in [-0.39, 0.29) is 5.97 Å². The molecular formula is C11H12N2O2. The number of rotatable bonds is 4. The van der Waals surface area contributed by atoms with Crippen LogP contribution in [-0.2, 0) is 16.0 Å². The Morgan fingerprint density at radius 3 is 3.13 bits per heavy atom. The minimum Gasteiger partial charge on any atom is -0.469 e. The minimum atomic E-state index is -0.204. The maximum Gasteiger partial charge on any atom is 0.305 e. The van der Waals surface area contributed by atoms with Gasteiger partial charge >= 0.3 is 5.97 Å². The summed E-state index contributed by atoms with van der Waals surface area (Å²) in [6, 6.07) is 5.55. The molecule has 0 amide bonds. The van der Waals surface area contributed by atoms with Crippen LogP contribution in [0.1, 0.15) is 24.1 Å². The van der Waals surface area contributed by atoms with Crippen molar-refractivity contribution in [3.63, 3.8) is 0 Å². The van der Waals surface area contributed by atoms with E-state index in [1.165, 1.54) is 7.11 Å². The Morgan fingerprint density at radius 1 is 1.67 bits per heavy atom. The number of aryl methyl sites for hydroxylation is 1. The summed E-state index contributed by atoms with van der Waals surface area (Å²) >= 11 is 0. The predicted octanol–water partition coefficient (Wildman–Crippen LogP) is 1.45. The zero-order valence-corrected chi connectivity index (χ0v) is 8.56. The average molecular weight is 204 g/mol. The van der Waals surface area contributed by atoms with E-state index >= 15 is 0 Å². The molecule has 0 saturated carbocycles. The summed E-state index contributed by atoms with van der Waals surface area (Å²) in [7, 11) is 1.38. The molecule has 4 heteroatoms. The molecule has 1 rings (SSSR count). The van der Waals surface area contributed by atoms with Crippen molar-refractivity contribution >= 4 is 5.97 Å². The van der Waals surface area contributed by atoms with Gasteiger partial charge in [-0.25, -0.2) is 4.98 Å². The monoisotopic (exact) mass is 204 g/mol. The highest BCUT2D eigenvalue weighted by Crippen LogP contribution is 2.06. The fourth-order valence-corrected chi connectivity index (χ4v) is 1.23. The van der Waals surface area contributed by atoms with Crippen LogP contribution in [0.5, 0.6) is 0 Å². The Hall–Kier alpha value is -1.89. The van der Waals surface area contributed by atoms with Crippen molar-refractivity contribution in [2.24, 2.45) is 0 Å². The molecule has 0 fully saturated rings. The minimum absolute atomic E-state index is 0.204. The van der Waals surface area contributed by atoms with E-state index < -0.39 is 0 Å². The predicted molar refractivity (Wildman–Crippen MR) is 53.9 cm³/mol. The first-order valence-electron chi connectivity index (χ1n) is 4.68. The molecule has 0 N–H and O–H groups in total. The molecule has 0 spiro atoms. The fraction of sp³-hybridized carbons (Fsp3) is 0.364. The second kappa shape index (κ2) is 5.76. The van der Waals surface area contributed by atoms with Gasteiger partial charge in [0.1, 0.15) is 11.8 Å². The van der Waals surface area contributed by atoms with Gasteiger partial charge in [0.25, 0.3) is 0 Å². The van der Waals surface area contributed by atoms with Crippen LogP contribution in [0.4, 0.5) is 0 Å². The quantitative estimate of drug-likeness (QED) is 0.696. The fourth-order valence-electron chi connectivity index (χ4n) is 1.23. The van der Waals surface area contributed by atoms with Gasteiger partial charge in [0.15, 0.2) is 0 Å². The van der Waals surface area contributed by atoms with Crippen molar-refractivity contribution in [2.45, 2.75) is 19.3 Å². The van der Waals surface area contributed by atoms with Crippen molar-refractivity contribution in [1.29, 1.82) is 5.26 Å². The van der Waals surface area contributed by atoms with E-state index in [0.717, 1.165) is 18.4 Å². The number of hydrogen-bond donors (Lipinski definition) is 0. The maximum atomic E-state index is 10.8. The van der Waals surface area contributed by atoms with Crippen LogP contribution < -0.4 is 0 Å². The van der Waals surface area contributed by atoms with Crippen LogP contribution in [0.25, 0.3) is 0 Å². The number of aromatic nitrogens is 1. The SMILES string of the molecule is COC(=O)CCCc1ccnc(C#N)c1. The molecule has 1 aromatic heterocycles. The van der Waals surface area contributed by atoms with Crippen LogP contribution in [-0.4, -0.2) is 18.1 Å². The summed E-state index contributed by atoms with van der Waals surface area (Å²) in [4.78, 5) is 14.7. The van der Waals surface area contributed by atoms with Gasteiger partial charge in [0, 0.05) is 12.6 Å². The topological polar surface area (TPSA) is 63.0 Å². The van der Waals surface area contributed by atoms with Gasteiger partial charge in [-0.15, -0.1) is 0 Å². The molecular weight excluding hydrogens is 192 g/mol. The zero-order chi connectivity index (χ0) is 11.1. The molecule has 0 saturated heterocycles. The highest BCUT2D eigenvalue weighted by atomic mass is 16.5. The number of methoxy groups -OCH3 is 1. The molecule has 0 aliphatic rings. The Kier molecular flexibility index (Phi) is 4.30. The second-order valence-corrected chi connectivity index (χ2v) is 3.09. The van der Waals surface area contributed by atoms with Crippen molar-refractivity contribution in [1.82, 2.24) is 4.98 Å². The highest BCUT2D eigenvalue weighted by Gasteiger charge is 2.01. The third-order valence-electron chi connectivity index (χ3n) is 2.01. The van der Waals surface area contributed by atoms with Crippen LogP contribution in [0.15, 0.2) is 18.3 Å². The van der Waals surface area contributed by atoms with Gasteiger partial charge in [0.2, 0.25) is 0 Å². The highest BCUT2D eigenvalue weighted by molar-refractivity contribution is 5.69. The standard InChI is InChI=1S/C11H12N2O2/c1-15-11(14)4-2-3-9-5-6-13-10(7-9)8-12/h5-7H,2-4H2,1H3. The van der Waals surface area contributed by atoms with E-state index in [1.54, 1.807) is 12.3 Å². The molecule has 0 atom stereocenters. The molecule has 0 radical (unpaired) electrons. The molecule has 1 aromatic rings. The second-order valence-electron chi connectivity index (χ2n) is 3.09. The number of nitrogens with zero attached hydrogens (tertiary/aromatic N) is 2. The van der Waals surface area contributed by atoms with Crippen LogP contribution in [0, 0.1) is 11.3 Å². The Bertz CT molecular complexity index is 382. The van der Waals surface area contributed by atoms with Crippen molar-refractivity contribution < 1.29 is 9.53 Å². The van der Waals surface area contributed by atoms with Gasteiger partial charge in [-0.3, -0.25) is 4.79 Å². The molecule has 0 bridgehead atoms. The lowest BCUT2D eigenvalue weighted by Gasteiger charge is -2.00. The third kappa shape index (κ3) is 3.77. The van der Waals surface area contributed by atoms with E-state index in [9.17, 15) is 4.79 Å². The van der Waals surface area contributed by atoms with Gasteiger partial charge < -0.3 is 4.74 Å². The molecule has 4 nitrogen and oxygen atoms in total. The van der Waals surface area contributed by atoms with Gasteiger partial charge in [-0.05, 0) is 30.5 Å². The number of ether oxygens (including phenoxy) is 1. The normalized spacial score (nSPS) is 9.33. The lowest BCUT2D eigenvalue weighted by molar-refractivity contribution is -0.140.